The molecule has 2 rings (SSSR count). The van der Waals surface area contributed by atoms with Gasteiger partial charge in [0.25, 0.3) is 0 Å². The highest BCUT2D eigenvalue weighted by atomic mass is 35.5. The first kappa shape index (κ1) is 15.8. The largest absolute Gasteiger partial charge is 0.356 e. The van der Waals surface area contributed by atoms with E-state index < -0.39 is 0 Å². The van der Waals surface area contributed by atoms with Gasteiger partial charge in [-0.05, 0) is 48.8 Å². The zero-order valence-corrected chi connectivity index (χ0v) is 13.8. The van der Waals surface area contributed by atoms with Crippen LogP contribution in [0.1, 0.15) is 30.5 Å². The van der Waals surface area contributed by atoms with E-state index in [0.717, 1.165) is 22.7 Å². The van der Waals surface area contributed by atoms with Gasteiger partial charge in [0.05, 0.1) is 6.04 Å². The average Bonchev–Trinajstić information content (AvgIpc) is 2.49. The number of halogens is 1. The highest BCUT2D eigenvalue weighted by molar-refractivity contribution is 7.80. The highest BCUT2D eigenvalue weighted by Gasteiger charge is 2.10. The Labute approximate surface area is 136 Å². The predicted molar refractivity (Wildman–Crippen MR) is 95.0 cm³/mol. The summed E-state index contributed by atoms with van der Waals surface area (Å²) >= 11 is 11.5. The van der Waals surface area contributed by atoms with Gasteiger partial charge in [-0.2, -0.15) is 0 Å². The van der Waals surface area contributed by atoms with Crippen LogP contribution in [0.15, 0.2) is 48.5 Å². The zero-order chi connectivity index (χ0) is 15.2. The topological polar surface area (TPSA) is 24.1 Å². The molecule has 0 aliphatic carbocycles. The smallest absolute Gasteiger partial charge is 0.171 e. The minimum absolute atomic E-state index is 0.201. The second-order valence-electron chi connectivity index (χ2n) is 4.93. The molecule has 0 spiro atoms. The molecule has 1 atom stereocenters. The first-order valence-corrected chi connectivity index (χ1v) is 7.77. The minimum Gasteiger partial charge on any atom is -0.356 e. The van der Waals surface area contributed by atoms with Gasteiger partial charge in [-0.15, -0.1) is 0 Å². The van der Waals surface area contributed by atoms with Gasteiger partial charge in [0.2, 0.25) is 0 Å². The van der Waals surface area contributed by atoms with E-state index in [1.54, 1.807) is 0 Å². The number of rotatable bonds is 4. The molecule has 0 amide bonds. The van der Waals surface area contributed by atoms with Crippen LogP contribution in [-0.4, -0.2) is 5.11 Å². The van der Waals surface area contributed by atoms with E-state index in [2.05, 4.69) is 29.7 Å². The Morgan fingerprint density at radius 3 is 2.52 bits per heavy atom. The van der Waals surface area contributed by atoms with Gasteiger partial charge in [-0.25, -0.2) is 0 Å². The Morgan fingerprint density at radius 1 is 1.19 bits per heavy atom. The summed E-state index contributed by atoms with van der Waals surface area (Å²) in [5.41, 5.74) is 3.17. The first-order chi connectivity index (χ1) is 10.1. The van der Waals surface area contributed by atoms with E-state index in [0.29, 0.717) is 5.11 Å². The molecule has 0 unspecified atom stereocenters. The fourth-order valence-electron chi connectivity index (χ4n) is 2.10. The van der Waals surface area contributed by atoms with Gasteiger partial charge < -0.3 is 10.6 Å². The van der Waals surface area contributed by atoms with Crippen LogP contribution in [0.3, 0.4) is 0 Å². The molecular formula is C17H19ClN2S. The maximum Gasteiger partial charge on any atom is 0.171 e. The molecule has 0 radical (unpaired) electrons. The lowest BCUT2D eigenvalue weighted by Gasteiger charge is -2.20. The molecule has 4 heteroatoms. The molecule has 0 aromatic heterocycles. The fourth-order valence-corrected chi connectivity index (χ4v) is 2.54. The Bertz CT molecular complexity index is 613. The Morgan fingerprint density at radius 2 is 1.90 bits per heavy atom. The maximum atomic E-state index is 6.12. The molecule has 2 aromatic rings. The molecule has 0 saturated heterocycles. The van der Waals surface area contributed by atoms with Crippen molar-refractivity contribution in [3.05, 3.63) is 64.7 Å². The number of benzene rings is 2. The maximum absolute atomic E-state index is 6.12. The van der Waals surface area contributed by atoms with Crippen LogP contribution in [0.4, 0.5) is 5.69 Å². The van der Waals surface area contributed by atoms with Crippen molar-refractivity contribution < 1.29 is 0 Å². The number of hydrogen-bond donors (Lipinski definition) is 2. The van der Waals surface area contributed by atoms with E-state index >= 15 is 0 Å². The van der Waals surface area contributed by atoms with Crippen molar-refractivity contribution in [1.82, 2.24) is 5.32 Å². The van der Waals surface area contributed by atoms with Crippen molar-refractivity contribution in [2.24, 2.45) is 0 Å². The van der Waals surface area contributed by atoms with Crippen LogP contribution in [0.2, 0.25) is 5.02 Å². The fraction of sp³-hybridized carbons (Fsp3) is 0.235. The van der Waals surface area contributed by atoms with Gasteiger partial charge >= 0.3 is 0 Å². The van der Waals surface area contributed by atoms with Crippen molar-refractivity contribution in [3.63, 3.8) is 0 Å². The second-order valence-corrected chi connectivity index (χ2v) is 5.75. The third kappa shape index (κ3) is 4.45. The van der Waals surface area contributed by atoms with Gasteiger partial charge in [-0.3, -0.25) is 0 Å². The molecule has 2 N–H and O–H groups in total. The number of thiocarbonyl (C=S) groups is 1. The van der Waals surface area contributed by atoms with Crippen LogP contribution in [-0.2, 0) is 0 Å². The van der Waals surface area contributed by atoms with Crippen molar-refractivity contribution in [2.45, 2.75) is 26.3 Å². The zero-order valence-electron chi connectivity index (χ0n) is 12.2. The van der Waals surface area contributed by atoms with Crippen LogP contribution in [0, 0.1) is 6.92 Å². The molecule has 2 aromatic carbocycles. The van der Waals surface area contributed by atoms with Crippen LogP contribution in [0.25, 0.3) is 0 Å². The summed E-state index contributed by atoms with van der Waals surface area (Å²) in [5.74, 6) is 0. The van der Waals surface area contributed by atoms with E-state index in [9.17, 15) is 0 Å². The third-order valence-electron chi connectivity index (χ3n) is 3.35. The number of hydrogen-bond acceptors (Lipinski definition) is 1. The second kappa shape index (κ2) is 7.43. The van der Waals surface area contributed by atoms with E-state index in [1.807, 2.05) is 43.3 Å². The van der Waals surface area contributed by atoms with Crippen molar-refractivity contribution in [2.75, 3.05) is 5.32 Å². The monoisotopic (exact) mass is 318 g/mol. The summed E-state index contributed by atoms with van der Waals surface area (Å²) in [7, 11) is 0. The Balaban J connectivity index is 2.01. The summed E-state index contributed by atoms with van der Waals surface area (Å²) in [6, 6.07) is 16.3. The summed E-state index contributed by atoms with van der Waals surface area (Å²) in [6.07, 6.45) is 0.959. The lowest BCUT2D eigenvalue weighted by atomic mass is 10.1. The molecule has 110 valence electrons. The molecule has 2 nitrogen and oxygen atoms in total. The van der Waals surface area contributed by atoms with Crippen molar-refractivity contribution in [3.8, 4) is 0 Å². The lowest BCUT2D eigenvalue weighted by Crippen LogP contribution is -2.32. The van der Waals surface area contributed by atoms with Gasteiger partial charge in [-0.1, -0.05) is 54.9 Å². The molecule has 0 fully saturated rings. The quantitative estimate of drug-likeness (QED) is 0.768. The Kier molecular flexibility index (Phi) is 5.59. The summed E-state index contributed by atoms with van der Waals surface area (Å²) in [4.78, 5) is 0. The molecular weight excluding hydrogens is 300 g/mol. The summed E-state index contributed by atoms with van der Waals surface area (Å²) in [5, 5.41) is 7.86. The van der Waals surface area contributed by atoms with Crippen LogP contribution < -0.4 is 10.6 Å². The predicted octanol–water partition coefficient (Wildman–Crippen LogP) is 5.09. The SMILES string of the molecule is CC[C@H](NC(=S)Nc1ccc(C)c(Cl)c1)c1ccccc1. The number of anilines is 1. The normalized spacial score (nSPS) is 11.8. The standard InChI is InChI=1S/C17H19ClN2S/c1-3-16(13-7-5-4-6-8-13)20-17(21)19-14-10-9-12(2)15(18)11-14/h4-11,16H,3H2,1-2H3,(H2,19,20,21)/t16-/m0/s1. The lowest BCUT2D eigenvalue weighted by molar-refractivity contribution is 0.629. The van der Waals surface area contributed by atoms with Crippen molar-refractivity contribution in [1.29, 1.82) is 0 Å². The van der Waals surface area contributed by atoms with Crippen LogP contribution >= 0.6 is 23.8 Å². The van der Waals surface area contributed by atoms with E-state index in [1.165, 1.54) is 5.56 Å². The summed E-state index contributed by atoms with van der Waals surface area (Å²) in [6.45, 7) is 4.11. The minimum atomic E-state index is 0.201. The van der Waals surface area contributed by atoms with Gasteiger partial charge in [0, 0.05) is 10.7 Å². The molecule has 0 bridgehead atoms. The number of aryl methyl sites for hydroxylation is 1. The van der Waals surface area contributed by atoms with E-state index in [4.69, 9.17) is 23.8 Å². The molecule has 21 heavy (non-hydrogen) atoms. The molecule has 0 saturated carbocycles. The van der Waals surface area contributed by atoms with Crippen LogP contribution in [0.5, 0.6) is 0 Å². The number of nitrogens with one attached hydrogen (secondary N) is 2. The third-order valence-corrected chi connectivity index (χ3v) is 3.97. The van der Waals surface area contributed by atoms with Gasteiger partial charge in [0.15, 0.2) is 5.11 Å². The molecule has 0 aliphatic heterocycles. The first-order valence-electron chi connectivity index (χ1n) is 6.98. The average molecular weight is 319 g/mol. The van der Waals surface area contributed by atoms with Crippen molar-refractivity contribution >= 4 is 34.6 Å². The highest BCUT2D eigenvalue weighted by Crippen LogP contribution is 2.20. The molecule has 0 heterocycles. The molecule has 0 aliphatic rings. The van der Waals surface area contributed by atoms with E-state index in [-0.39, 0.29) is 6.04 Å². The summed E-state index contributed by atoms with van der Waals surface area (Å²) < 4.78 is 0. The van der Waals surface area contributed by atoms with Gasteiger partial charge in [0.1, 0.15) is 0 Å². The Hall–Kier alpha value is -1.58.